The molecule has 0 radical (unpaired) electrons. The largest absolute Gasteiger partial charge is 0.482 e. The van der Waals surface area contributed by atoms with Crippen LogP contribution in [0.2, 0.25) is 0 Å². The number of ether oxygens (including phenoxy) is 1. The van der Waals surface area contributed by atoms with E-state index in [4.69, 9.17) is 4.74 Å². The zero-order valence-corrected chi connectivity index (χ0v) is 13.7. The Kier molecular flexibility index (Phi) is 3.82. The van der Waals surface area contributed by atoms with Gasteiger partial charge in [-0.2, -0.15) is 0 Å². The molecule has 0 atom stereocenters. The highest BCUT2D eigenvalue weighted by atomic mass is 79.9. The van der Waals surface area contributed by atoms with Crippen LogP contribution in [-0.2, 0) is 4.79 Å². The van der Waals surface area contributed by atoms with Gasteiger partial charge in [0.05, 0.1) is 17.1 Å². The number of carbonyl (C=O) groups is 2. The first-order valence-corrected chi connectivity index (χ1v) is 7.98. The zero-order valence-electron chi connectivity index (χ0n) is 11.3. The van der Waals surface area contributed by atoms with Crippen molar-refractivity contribution in [2.75, 3.05) is 18.1 Å². The lowest BCUT2D eigenvalue weighted by atomic mass is 10.2. The molecule has 108 valence electrons. The summed E-state index contributed by atoms with van der Waals surface area (Å²) in [6, 6.07) is 9.13. The Bertz CT molecular complexity index is 725. The normalized spacial score (nSPS) is 13.8. The third kappa shape index (κ3) is 2.87. The van der Waals surface area contributed by atoms with Gasteiger partial charge in [-0.1, -0.05) is 15.9 Å². The molecule has 0 spiro atoms. The summed E-state index contributed by atoms with van der Waals surface area (Å²) in [4.78, 5) is 27.6. The lowest BCUT2D eigenvalue weighted by molar-refractivity contribution is -0.121. The SMILES string of the molecule is Cc1ccc(C(=O)CN2C(=O)COc3ccc(Br)cc32)s1. The van der Waals surface area contributed by atoms with Crippen LogP contribution < -0.4 is 9.64 Å². The molecule has 1 aromatic heterocycles. The maximum Gasteiger partial charge on any atom is 0.265 e. The number of benzene rings is 1. The molecule has 0 aliphatic carbocycles. The highest BCUT2D eigenvalue weighted by molar-refractivity contribution is 9.10. The number of aryl methyl sites for hydroxylation is 1. The van der Waals surface area contributed by atoms with E-state index in [1.165, 1.54) is 16.2 Å². The molecule has 1 aliphatic heterocycles. The van der Waals surface area contributed by atoms with Crippen molar-refractivity contribution in [3.63, 3.8) is 0 Å². The van der Waals surface area contributed by atoms with E-state index in [1.54, 1.807) is 18.2 Å². The highest BCUT2D eigenvalue weighted by Crippen LogP contribution is 2.34. The van der Waals surface area contributed by atoms with Crippen LogP contribution in [0.3, 0.4) is 0 Å². The van der Waals surface area contributed by atoms with Crippen molar-refractivity contribution in [2.24, 2.45) is 0 Å². The summed E-state index contributed by atoms with van der Waals surface area (Å²) in [5.74, 6) is 0.351. The number of hydrogen-bond donors (Lipinski definition) is 0. The zero-order chi connectivity index (χ0) is 15.0. The molecule has 21 heavy (non-hydrogen) atoms. The van der Waals surface area contributed by atoms with Crippen LogP contribution in [0.15, 0.2) is 34.8 Å². The highest BCUT2D eigenvalue weighted by Gasteiger charge is 2.28. The average Bonchev–Trinajstić information content (AvgIpc) is 2.89. The van der Waals surface area contributed by atoms with E-state index in [0.29, 0.717) is 16.3 Å². The van der Waals surface area contributed by atoms with Gasteiger partial charge in [-0.3, -0.25) is 14.5 Å². The van der Waals surface area contributed by atoms with Crippen molar-refractivity contribution < 1.29 is 14.3 Å². The van der Waals surface area contributed by atoms with Crippen molar-refractivity contribution in [3.8, 4) is 5.75 Å². The van der Waals surface area contributed by atoms with Crippen LogP contribution in [0, 0.1) is 6.92 Å². The Morgan fingerprint density at radius 1 is 1.38 bits per heavy atom. The standard InChI is InChI=1S/C15H12BrNO3S/c1-9-2-5-14(21-9)12(18)7-17-11-6-10(16)3-4-13(11)20-8-15(17)19/h2-6H,7-8H2,1H3. The number of carbonyl (C=O) groups excluding carboxylic acids is 2. The Hall–Kier alpha value is -1.66. The molecular formula is C15H12BrNO3S. The topological polar surface area (TPSA) is 46.6 Å². The molecule has 0 fully saturated rings. The van der Waals surface area contributed by atoms with E-state index in [-0.39, 0.29) is 24.8 Å². The van der Waals surface area contributed by atoms with Crippen LogP contribution in [0.1, 0.15) is 14.5 Å². The number of thiophene rings is 1. The fourth-order valence-electron chi connectivity index (χ4n) is 2.15. The number of halogens is 1. The monoisotopic (exact) mass is 365 g/mol. The summed E-state index contributed by atoms with van der Waals surface area (Å²) in [6.45, 7) is 1.95. The molecule has 0 bridgehead atoms. The Morgan fingerprint density at radius 2 is 2.19 bits per heavy atom. The number of rotatable bonds is 3. The van der Waals surface area contributed by atoms with E-state index < -0.39 is 0 Å². The first-order valence-electron chi connectivity index (χ1n) is 6.37. The third-order valence-corrected chi connectivity index (χ3v) is 4.72. The van der Waals surface area contributed by atoms with Gasteiger partial charge >= 0.3 is 0 Å². The minimum absolute atomic E-state index is 0.0333. The average molecular weight is 366 g/mol. The molecule has 0 saturated carbocycles. The number of nitrogens with zero attached hydrogens (tertiary/aromatic N) is 1. The molecule has 2 aromatic rings. The molecule has 0 unspecified atom stereocenters. The minimum atomic E-state index is -0.206. The summed E-state index contributed by atoms with van der Waals surface area (Å²) < 4.78 is 6.23. The van der Waals surface area contributed by atoms with Gasteiger partial charge in [0.2, 0.25) is 0 Å². The van der Waals surface area contributed by atoms with Crippen molar-refractivity contribution >= 4 is 44.6 Å². The number of fused-ring (bicyclic) bond motifs is 1. The van der Waals surface area contributed by atoms with Gasteiger partial charge < -0.3 is 4.74 Å². The summed E-state index contributed by atoms with van der Waals surface area (Å²) >= 11 is 4.82. The molecule has 1 aromatic carbocycles. The van der Waals surface area contributed by atoms with Gasteiger partial charge in [0.1, 0.15) is 5.75 Å². The Balaban J connectivity index is 1.90. The molecule has 0 N–H and O–H groups in total. The first kappa shape index (κ1) is 14.3. The maximum absolute atomic E-state index is 12.3. The van der Waals surface area contributed by atoms with E-state index in [0.717, 1.165) is 9.35 Å². The van der Waals surface area contributed by atoms with Crippen molar-refractivity contribution in [1.29, 1.82) is 0 Å². The van der Waals surface area contributed by atoms with Crippen LogP contribution in [0.5, 0.6) is 5.75 Å². The Labute approximate surface area is 134 Å². The molecule has 4 nitrogen and oxygen atoms in total. The molecule has 2 heterocycles. The van der Waals surface area contributed by atoms with E-state index >= 15 is 0 Å². The smallest absolute Gasteiger partial charge is 0.265 e. The lowest BCUT2D eigenvalue weighted by Crippen LogP contribution is -2.41. The van der Waals surface area contributed by atoms with Gasteiger partial charge in [0, 0.05) is 9.35 Å². The molecule has 1 aliphatic rings. The van der Waals surface area contributed by atoms with Gasteiger partial charge in [0.15, 0.2) is 12.4 Å². The Morgan fingerprint density at radius 3 is 2.90 bits per heavy atom. The second-order valence-corrected chi connectivity index (χ2v) is 6.92. The molecule has 1 amide bonds. The molecule has 3 rings (SSSR count). The van der Waals surface area contributed by atoms with Gasteiger partial charge in [0.25, 0.3) is 5.91 Å². The van der Waals surface area contributed by atoms with E-state index in [9.17, 15) is 9.59 Å². The molecular weight excluding hydrogens is 354 g/mol. The summed E-state index contributed by atoms with van der Waals surface area (Å²) in [7, 11) is 0. The van der Waals surface area contributed by atoms with E-state index in [2.05, 4.69) is 15.9 Å². The third-order valence-electron chi connectivity index (χ3n) is 3.18. The summed E-state index contributed by atoms with van der Waals surface area (Å²) in [5, 5.41) is 0. The summed E-state index contributed by atoms with van der Waals surface area (Å²) in [5.41, 5.74) is 0.627. The number of hydrogen-bond acceptors (Lipinski definition) is 4. The van der Waals surface area contributed by atoms with Crippen molar-refractivity contribution in [2.45, 2.75) is 6.92 Å². The van der Waals surface area contributed by atoms with Crippen molar-refractivity contribution in [1.82, 2.24) is 0 Å². The molecule has 0 saturated heterocycles. The second kappa shape index (κ2) is 5.61. The first-order chi connectivity index (χ1) is 10.0. The number of anilines is 1. The van der Waals surface area contributed by atoms with Gasteiger partial charge in [-0.25, -0.2) is 0 Å². The van der Waals surface area contributed by atoms with Crippen molar-refractivity contribution in [3.05, 3.63) is 44.6 Å². The van der Waals surface area contributed by atoms with Gasteiger partial charge in [-0.15, -0.1) is 11.3 Å². The number of amides is 1. The predicted octanol–water partition coefficient (Wildman–Crippen LogP) is 3.43. The summed E-state index contributed by atoms with van der Waals surface area (Å²) in [6.07, 6.45) is 0. The lowest BCUT2D eigenvalue weighted by Gasteiger charge is -2.28. The van der Waals surface area contributed by atoms with Crippen LogP contribution in [0.4, 0.5) is 5.69 Å². The van der Waals surface area contributed by atoms with Crippen LogP contribution >= 0.6 is 27.3 Å². The predicted molar refractivity (Wildman–Crippen MR) is 85.4 cm³/mol. The minimum Gasteiger partial charge on any atom is -0.482 e. The maximum atomic E-state index is 12.3. The van der Waals surface area contributed by atoms with Crippen LogP contribution in [-0.4, -0.2) is 24.8 Å². The number of ketones is 1. The second-order valence-electron chi connectivity index (χ2n) is 4.71. The van der Waals surface area contributed by atoms with Crippen LogP contribution in [0.25, 0.3) is 0 Å². The number of Topliss-reactive ketones (excluding diaryl/α,β-unsaturated/α-hetero) is 1. The fourth-order valence-corrected chi connectivity index (χ4v) is 3.30. The van der Waals surface area contributed by atoms with E-state index in [1.807, 2.05) is 19.1 Å². The molecule has 6 heteroatoms. The fraction of sp³-hybridized carbons (Fsp3) is 0.200. The quantitative estimate of drug-likeness (QED) is 0.782. The van der Waals surface area contributed by atoms with Gasteiger partial charge in [-0.05, 0) is 37.3 Å².